The van der Waals surface area contributed by atoms with Crippen molar-refractivity contribution >= 4 is 34.6 Å². The molecule has 0 atom stereocenters. The lowest BCUT2D eigenvalue weighted by Crippen LogP contribution is -2.45. The van der Waals surface area contributed by atoms with Crippen molar-refractivity contribution in [3.05, 3.63) is 64.7 Å². The minimum absolute atomic E-state index is 0.0704. The van der Waals surface area contributed by atoms with Crippen molar-refractivity contribution < 1.29 is 0 Å². The van der Waals surface area contributed by atoms with Crippen LogP contribution in [0.25, 0.3) is 0 Å². The van der Waals surface area contributed by atoms with Gasteiger partial charge in [0, 0.05) is 0 Å². The van der Waals surface area contributed by atoms with Gasteiger partial charge in [0.1, 0.15) is 0 Å². The van der Waals surface area contributed by atoms with Crippen molar-refractivity contribution in [1.82, 2.24) is 5.32 Å². The second-order valence-electron chi connectivity index (χ2n) is 6.21. The van der Waals surface area contributed by atoms with Crippen LogP contribution in [0.4, 0.5) is 5.69 Å². The zero-order valence-corrected chi connectivity index (χ0v) is 14.8. The lowest BCUT2D eigenvalue weighted by atomic mass is 9.88. The molecule has 2 nitrogen and oxygen atoms in total. The van der Waals surface area contributed by atoms with E-state index in [2.05, 4.69) is 41.8 Å². The lowest BCUT2D eigenvalue weighted by molar-refractivity contribution is 0.408. The Bertz CT molecular complexity index is 691. The van der Waals surface area contributed by atoms with Crippen molar-refractivity contribution in [2.24, 2.45) is 0 Å². The van der Waals surface area contributed by atoms with Crippen LogP contribution in [0.5, 0.6) is 0 Å². The number of benzene rings is 2. The quantitative estimate of drug-likeness (QED) is 0.728. The van der Waals surface area contributed by atoms with Gasteiger partial charge in [0.05, 0.1) is 16.2 Å². The highest BCUT2D eigenvalue weighted by atomic mass is 35.5. The molecule has 0 bridgehead atoms. The Balaban J connectivity index is 1.78. The molecule has 0 radical (unpaired) electrons. The molecule has 1 fully saturated rings. The molecule has 2 N–H and O–H groups in total. The third-order valence-electron chi connectivity index (χ3n) is 4.54. The maximum atomic E-state index is 6.20. The lowest BCUT2D eigenvalue weighted by Gasteiger charge is -2.32. The Labute approximate surface area is 148 Å². The van der Waals surface area contributed by atoms with Crippen molar-refractivity contribution in [2.75, 3.05) is 5.32 Å². The zero-order valence-electron chi connectivity index (χ0n) is 13.2. The van der Waals surface area contributed by atoms with Gasteiger partial charge in [-0.2, -0.15) is 0 Å². The summed E-state index contributed by atoms with van der Waals surface area (Å²) in [5.41, 5.74) is 3.35. The molecule has 2 aromatic rings. The number of nitrogens with one attached hydrogen (secondary N) is 2. The number of para-hydroxylation sites is 1. The number of thiocarbonyl (C=S) groups is 1. The van der Waals surface area contributed by atoms with Crippen LogP contribution in [-0.4, -0.2) is 5.11 Å². The summed E-state index contributed by atoms with van der Waals surface area (Å²) in [5, 5.41) is 8.10. The average molecular weight is 345 g/mol. The molecular formula is C19H21ClN2S. The zero-order chi connectivity index (χ0) is 16.3. The predicted molar refractivity (Wildman–Crippen MR) is 102 cm³/mol. The van der Waals surface area contributed by atoms with Crippen LogP contribution in [0.1, 0.15) is 36.8 Å². The van der Waals surface area contributed by atoms with E-state index in [0.717, 1.165) is 18.5 Å². The monoisotopic (exact) mass is 344 g/mol. The first kappa shape index (κ1) is 16.3. The fourth-order valence-corrected chi connectivity index (χ4v) is 3.76. The summed E-state index contributed by atoms with van der Waals surface area (Å²) in [6.07, 6.45) is 4.63. The van der Waals surface area contributed by atoms with E-state index in [4.69, 9.17) is 23.8 Å². The van der Waals surface area contributed by atoms with Crippen LogP contribution in [0, 0.1) is 6.92 Å². The Hall–Kier alpha value is -1.58. The summed E-state index contributed by atoms with van der Waals surface area (Å²) in [6.45, 7) is 2.11. The van der Waals surface area contributed by atoms with Crippen molar-refractivity contribution in [1.29, 1.82) is 0 Å². The molecule has 120 valence electrons. The number of halogens is 1. The van der Waals surface area contributed by atoms with Gasteiger partial charge in [-0.25, -0.2) is 0 Å². The number of anilines is 1. The summed E-state index contributed by atoms with van der Waals surface area (Å²) < 4.78 is 0. The Morgan fingerprint density at radius 3 is 2.35 bits per heavy atom. The highest BCUT2D eigenvalue weighted by Gasteiger charge is 2.36. The maximum absolute atomic E-state index is 6.20. The molecule has 23 heavy (non-hydrogen) atoms. The largest absolute Gasteiger partial charge is 0.353 e. The van der Waals surface area contributed by atoms with Gasteiger partial charge >= 0.3 is 0 Å². The molecule has 0 aromatic heterocycles. The fourth-order valence-electron chi connectivity index (χ4n) is 3.27. The fraction of sp³-hybridized carbons (Fsp3) is 0.316. The highest BCUT2D eigenvalue weighted by molar-refractivity contribution is 7.80. The van der Waals surface area contributed by atoms with Crippen LogP contribution in [0.2, 0.25) is 5.02 Å². The van der Waals surface area contributed by atoms with E-state index in [1.165, 1.54) is 24.0 Å². The van der Waals surface area contributed by atoms with Crippen molar-refractivity contribution in [3.63, 3.8) is 0 Å². The first-order valence-corrected chi connectivity index (χ1v) is 8.79. The van der Waals surface area contributed by atoms with E-state index >= 15 is 0 Å². The summed E-state index contributed by atoms with van der Waals surface area (Å²) in [6, 6.07) is 16.4. The van der Waals surface area contributed by atoms with Crippen LogP contribution in [0.15, 0.2) is 48.5 Å². The Morgan fingerprint density at radius 2 is 1.70 bits per heavy atom. The molecule has 3 rings (SSSR count). The Morgan fingerprint density at radius 1 is 1.04 bits per heavy atom. The molecule has 1 aliphatic carbocycles. The maximum Gasteiger partial charge on any atom is 0.171 e. The summed E-state index contributed by atoms with van der Waals surface area (Å²) in [5.74, 6) is 0. The van der Waals surface area contributed by atoms with Gasteiger partial charge < -0.3 is 10.6 Å². The van der Waals surface area contributed by atoms with Gasteiger partial charge in [-0.05, 0) is 49.7 Å². The average Bonchev–Trinajstić information content (AvgIpc) is 3.00. The summed E-state index contributed by atoms with van der Waals surface area (Å²) >= 11 is 11.8. The first-order chi connectivity index (χ1) is 11.1. The molecule has 0 heterocycles. The minimum atomic E-state index is -0.0704. The third kappa shape index (κ3) is 3.67. The molecule has 4 heteroatoms. The summed E-state index contributed by atoms with van der Waals surface area (Å²) in [4.78, 5) is 0. The van der Waals surface area contributed by atoms with Crippen LogP contribution in [0.3, 0.4) is 0 Å². The predicted octanol–water partition coefficient (Wildman–Crippen LogP) is 5.40. The molecule has 2 aromatic carbocycles. The van der Waals surface area contributed by atoms with Gasteiger partial charge in [-0.15, -0.1) is 0 Å². The van der Waals surface area contributed by atoms with Crippen LogP contribution in [-0.2, 0) is 5.54 Å². The van der Waals surface area contributed by atoms with Gasteiger partial charge in [-0.3, -0.25) is 0 Å². The topological polar surface area (TPSA) is 24.1 Å². The van der Waals surface area contributed by atoms with Gasteiger partial charge in [0.2, 0.25) is 0 Å². The van der Waals surface area contributed by atoms with Crippen molar-refractivity contribution in [3.8, 4) is 0 Å². The first-order valence-electron chi connectivity index (χ1n) is 8.00. The molecule has 0 amide bonds. The van der Waals surface area contributed by atoms with E-state index < -0.39 is 0 Å². The molecule has 1 saturated carbocycles. The molecule has 0 unspecified atom stereocenters. The van der Waals surface area contributed by atoms with E-state index in [0.29, 0.717) is 10.1 Å². The molecular weight excluding hydrogens is 324 g/mol. The van der Waals surface area contributed by atoms with Crippen LogP contribution < -0.4 is 10.6 Å². The molecule has 1 aliphatic rings. The molecule has 0 aliphatic heterocycles. The van der Waals surface area contributed by atoms with Gasteiger partial charge in [-0.1, -0.05) is 66.4 Å². The Kier molecular flexibility index (Phi) is 4.88. The summed E-state index contributed by atoms with van der Waals surface area (Å²) in [7, 11) is 0. The highest BCUT2D eigenvalue weighted by Crippen LogP contribution is 2.39. The van der Waals surface area contributed by atoms with Crippen molar-refractivity contribution in [2.45, 2.75) is 38.1 Å². The molecule has 0 saturated heterocycles. The normalized spacial score (nSPS) is 16.1. The number of rotatable bonds is 3. The second kappa shape index (κ2) is 6.90. The van der Waals surface area contributed by atoms with E-state index in [1.807, 2.05) is 24.3 Å². The van der Waals surface area contributed by atoms with Gasteiger partial charge in [0.15, 0.2) is 5.11 Å². The number of hydrogen-bond acceptors (Lipinski definition) is 1. The van der Waals surface area contributed by atoms with Gasteiger partial charge in [0.25, 0.3) is 0 Å². The van der Waals surface area contributed by atoms with E-state index in [9.17, 15) is 0 Å². The SMILES string of the molecule is Cc1ccc(C2(NC(=S)Nc3ccccc3Cl)CCCC2)cc1. The molecule has 0 spiro atoms. The van der Waals surface area contributed by atoms with E-state index in [1.54, 1.807) is 0 Å². The number of hydrogen-bond donors (Lipinski definition) is 2. The van der Waals surface area contributed by atoms with Crippen LogP contribution >= 0.6 is 23.8 Å². The second-order valence-corrected chi connectivity index (χ2v) is 7.03. The number of aryl methyl sites for hydroxylation is 1. The minimum Gasteiger partial charge on any atom is -0.353 e. The standard InChI is InChI=1S/C19H21ClN2S/c1-14-8-10-15(11-9-14)19(12-4-5-13-19)22-18(23)21-17-7-3-2-6-16(17)20/h2-3,6-11H,4-5,12-13H2,1H3,(H2,21,22,23). The van der Waals surface area contributed by atoms with E-state index in [-0.39, 0.29) is 5.54 Å². The smallest absolute Gasteiger partial charge is 0.171 e. The third-order valence-corrected chi connectivity index (χ3v) is 5.07.